The monoisotopic (exact) mass is 484 g/mol. The number of aromatic nitrogens is 3. The second-order valence-corrected chi connectivity index (χ2v) is 9.39. The first kappa shape index (κ1) is 22.9. The maximum absolute atomic E-state index is 10.9. The van der Waals surface area contributed by atoms with Gasteiger partial charge in [-0.05, 0) is 23.3 Å². The first-order chi connectivity index (χ1) is 17.2. The molecule has 176 valence electrons. The Bertz CT molecular complexity index is 1320. The Balaban J connectivity index is 1.23. The summed E-state index contributed by atoms with van der Waals surface area (Å²) < 4.78 is 6.93. The number of nitriles is 1. The normalized spacial score (nSPS) is 14.1. The minimum Gasteiger partial charge on any atom is -0.459 e. The zero-order valence-corrected chi connectivity index (χ0v) is 19.9. The van der Waals surface area contributed by atoms with Crippen LogP contribution in [0.15, 0.2) is 54.7 Å². The average Bonchev–Trinajstić information content (AvgIpc) is 3.33. The van der Waals surface area contributed by atoms with E-state index in [-0.39, 0.29) is 12.4 Å². The summed E-state index contributed by atoms with van der Waals surface area (Å²) in [7, 11) is 0. The maximum Gasteiger partial charge on any atom is 0.316 e. The predicted octanol–water partition coefficient (Wildman–Crippen LogP) is 3.67. The summed E-state index contributed by atoms with van der Waals surface area (Å²) in [5.41, 5.74) is 4.53. The zero-order valence-electron chi connectivity index (χ0n) is 19.1. The van der Waals surface area contributed by atoms with Crippen molar-refractivity contribution >= 4 is 28.0 Å². The number of ether oxygens (including phenoxy) is 1. The van der Waals surface area contributed by atoms with E-state index < -0.39 is 0 Å². The molecule has 5 rings (SSSR count). The van der Waals surface area contributed by atoms with E-state index in [4.69, 9.17) is 4.74 Å². The van der Waals surface area contributed by atoms with Gasteiger partial charge in [-0.1, -0.05) is 36.4 Å². The maximum atomic E-state index is 10.9. The first-order valence-corrected chi connectivity index (χ1v) is 12.2. The van der Waals surface area contributed by atoms with Gasteiger partial charge >= 0.3 is 6.01 Å². The molecule has 0 spiro atoms. The molecule has 0 atom stereocenters. The van der Waals surface area contributed by atoms with Crippen LogP contribution in [0.4, 0.5) is 0 Å². The van der Waals surface area contributed by atoms with Gasteiger partial charge in [-0.2, -0.15) is 10.2 Å². The van der Waals surface area contributed by atoms with Crippen molar-refractivity contribution < 1.29 is 9.53 Å². The van der Waals surface area contributed by atoms with Crippen molar-refractivity contribution in [2.45, 2.75) is 19.6 Å². The molecule has 0 unspecified atom stereocenters. The number of piperazine rings is 1. The molecule has 1 aliphatic heterocycles. The summed E-state index contributed by atoms with van der Waals surface area (Å²) >= 11 is 1.56. The molecule has 0 bridgehead atoms. The molecule has 1 fully saturated rings. The second-order valence-electron chi connectivity index (χ2n) is 8.36. The topological polar surface area (TPSA) is 95.2 Å². The molecular formula is C26H24N6O2S. The van der Waals surface area contributed by atoms with E-state index in [0.717, 1.165) is 65.5 Å². The van der Waals surface area contributed by atoms with Gasteiger partial charge in [0, 0.05) is 38.9 Å². The number of nitrogens with zero attached hydrogens (tertiary/aromatic N) is 6. The van der Waals surface area contributed by atoms with E-state index in [9.17, 15) is 10.1 Å². The van der Waals surface area contributed by atoms with Crippen LogP contribution in [0, 0.1) is 11.3 Å². The van der Waals surface area contributed by atoms with Gasteiger partial charge in [0.05, 0.1) is 34.0 Å². The standard InChI is InChI=1S/C26H24N6O2S/c27-10-9-22-21(25-29-23-3-1-2-4-24(23)35-25)15-28-26(30-22)34-17-20-7-5-19(6-8-20)16-31-11-13-32(18-33)14-12-31/h1-8,15,18H,9,11-14,16-17H2. The molecule has 0 aliphatic carbocycles. The van der Waals surface area contributed by atoms with Gasteiger partial charge in [0.1, 0.15) is 11.6 Å². The van der Waals surface area contributed by atoms with Crippen molar-refractivity contribution in [3.05, 3.63) is 71.5 Å². The molecule has 1 aliphatic rings. The zero-order chi connectivity index (χ0) is 24.0. The first-order valence-electron chi connectivity index (χ1n) is 11.4. The molecule has 2 aromatic carbocycles. The molecule has 2 aromatic heterocycles. The van der Waals surface area contributed by atoms with E-state index in [1.807, 2.05) is 41.3 Å². The molecule has 4 aromatic rings. The van der Waals surface area contributed by atoms with Crippen LogP contribution in [-0.2, 0) is 24.4 Å². The van der Waals surface area contributed by atoms with Crippen molar-refractivity contribution in [1.29, 1.82) is 5.26 Å². The highest BCUT2D eigenvalue weighted by atomic mass is 32.1. The Morgan fingerprint density at radius 2 is 1.80 bits per heavy atom. The lowest BCUT2D eigenvalue weighted by atomic mass is 10.1. The van der Waals surface area contributed by atoms with Crippen molar-refractivity contribution in [1.82, 2.24) is 24.8 Å². The minimum absolute atomic E-state index is 0.153. The van der Waals surface area contributed by atoms with Gasteiger partial charge in [0.15, 0.2) is 0 Å². The van der Waals surface area contributed by atoms with E-state index in [1.54, 1.807) is 17.5 Å². The van der Waals surface area contributed by atoms with Crippen LogP contribution in [0.5, 0.6) is 6.01 Å². The third kappa shape index (κ3) is 5.45. The summed E-state index contributed by atoms with van der Waals surface area (Å²) in [6.45, 7) is 4.53. The molecule has 0 saturated carbocycles. The SMILES string of the molecule is N#CCc1nc(OCc2ccc(CN3CCN(C=O)CC3)cc2)ncc1-c1nc2ccccc2s1. The van der Waals surface area contributed by atoms with Crippen molar-refractivity contribution in [3.8, 4) is 22.7 Å². The number of rotatable bonds is 8. The molecule has 35 heavy (non-hydrogen) atoms. The number of amides is 1. The molecule has 9 heteroatoms. The van der Waals surface area contributed by atoms with Crippen LogP contribution >= 0.6 is 11.3 Å². The molecule has 0 N–H and O–H groups in total. The van der Waals surface area contributed by atoms with Crippen molar-refractivity contribution in [2.24, 2.45) is 0 Å². The van der Waals surface area contributed by atoms with Crippen LogP contribution in [0.1, 0.15) is 16.8 Å². The van der Waals surface area contributed by atoms with Crippen LogP contribution in [0.3, 0.4) is 0 Å². The Labute approximate surface area is 207 Å². The Hall–Kier alpha value is -3.87. The average molecular weight is 485 g/mol. The van der Waals surface area contributed by atoms with E-state index in [1.165, 1.54) is 5.56 Å². The fraction of sp³-hybridized carbons (Fsp3) is 0.269. The van der Waals surface area contributed by atoms with Crippen molar-refractivity contribution in [2.75, 3.05) is 26.2 Å². The number of hydrogen-bond acceptors (Lipinski definition) is 8. The highest BCUT2D eigenvalue weighted by Crippen LogP contribution is 2.32. The number of benzene rings is 2. The molecule has 1 saturated heterocycles. The summed E-state index contributed by atoms with van der Waals surface area (Å²) in [5, 5.41) is 10.1. The fourth-order valence-corrected chi connectivity index (χ4v) is 5.02. The van der Waals surface area contributed by atoms with Crippen molar-refractivity contribution in [3.63, 3.8) is 0 Å². The minimum atomic E-state index is 0.153. The summed E-state index contributed by atoms with van der Waals surface area (Å²) in [6, 6.07) is 18.7. The Morgan fingerprint density at radius 3 is 2.54 bits per heavy atom. The Kier molecular flexibility index (Phi) is 6.93. The lowest BCUT2D eigenvalue weighted by Gasteiger charge is -2.32. The lowest BCUT2D eigenvalue weighted by molar-refractivity contribution is -0.119. The van der Waals surface area contributed by atoms with Gasteiger partial charge in [0.2, 0.25) is 6.41 Å². The highest BCUT2D eigenvalue weighted by molar-refractivity contribution is 7.21. The van der Waals surface area contributed by atoms with Crippen LogP contribution < -0.4 is 4.74 Å². The number of carbonyl (C=O) groups excluding carboxylic acids is 1. The Morgan fingerprint density at radius 1 is 1.03 bits per heavy atom. The quantitative estimate of drug-likeness (QED) is 0.352. The smallest absolute Gasteiger partial charge is 0.316 e. The number of thiazole rings is 1. The molecular weight excluding hydrogens is 460 g/mol. The third-order valence-corrected chi connectivity index (χ3v) is 7.04. The van der Waals surface area contributed by atoms with Gasteiger partial charge in [0.25, 0.3) is 0 Å². The predicted molar refractivity (Wildman–Crippen MR) is 134 cm³/mol. The lowest BCUT2D eigenvalue weighted by Crippen LogP contribution is -2.45. The highest BCUT2D eigenvalue weighted by Gasteiger charge is 2.16. The van der Waals surface area contributed by atoms with Gasteiger partial charge in [-0.25, -0.2) is 9.97 Å². The second kappa shape index (κ2) is 10.6. The van der Waals surface area contributed by atoms with E-state index >= 15 is 0 Å². The number of para-hydroxylation sites is 1. The van der Waals surface area contributed by atoms with E-state index in [0.29, 0.717) is 12.3 Å². The number of fused-ring (bicyclic) bond motifs is 1. The van der Waals surface area contributed by atoms with E-state index in [2.05, 4.69) is 38.1 Å². The summed E-state index contributed by atoms with van der Waals surface area (Å²) in [4.78, 5) is 28.6. The molecule has 8 nitrogen and oxygen atoms in total. The van der Waals surface area contributed by atoms with Gasteiger partial charge in [-0.3, -0.25) is 9.69 Å². The van der Waals surface area contributed by atoms with Crippen LogP contribution in [0.2, 0.25) is 0 Å². The fourth-order valence-electron chi connectivity index (χ4n) is 4.02. The molecule has 0 radical (unpaired) electrons. The van der Waals surface area contributed by atoms with Gasteiger partial charge < -0.3 is 9.64 Å². The van der Waals surface area contributed by atoms with Gasteiger partial charge in [-0.15, -0.1) is 11.3 Å². The molecule has 1 amide bonds. The van der Waals surface area contributed by atoms with Crippen LogP contribution in [-0.4, -0.2) is 57.3 Å². The number of hydrogen-bond donors (Lipinski definition) is 0. The molecule has 3 heterocycles. The summed E-state index contributed by atoms with van der Waals surface area (Å²) in [6.07, 6.45) is 2.77. The summed E-state index contributed by atoms with van der Waals surface area (Å²) in [5.74, 6) is 0. The van der Waals surface area contributed by atoms with Crippen LogP contribution in [0.25, 0.3) is 20.8 Å². The number of carbonyl (C=O) groups is 1. The third-order valence-electron chi connectivity index (χ3n) is 5.97. The largest absolute Gasteiger partial charge is 0.459 e.